The fraction of sp³-hybridized carbons (Fsp3) is 0.389. The Morgan fingerprint density at radius 2 is 2.08 bits per heavy atom. The number of hydrogen-bond acceptors (Lipinski definition) is 6. The zero-order valence-corrected chi connectivity index (χ0v) is 14.4. The van der Waals surface area contributed by atoms with Crippen molar-refractivity contribution in [1.29, 1.82) is 0 Å². The highest BCUT2D eigenvalue weighted by Crippen LogP contribution is 2.31. The number of rotatable bonds is 5. The molecule has 0 aliphatic carbocycles. The van der Waals surface area contributed by atoms with E-state index in [4.69, 9.17) is 9.47 Å². The van der Waals surface area contributed by atoms with Gasteiger partial charge in [0, 0.05) is 13.6 Å². The Morgan fingerprint density at radius 1 is 1.24 bits per heavy atom. The molecule has 0 saturated carbocycles. The second-order valence-corrected chi connectivity index (χ2v) is 6.15. The van der Waals surface area contributed by atoms with E-state index in [1.165, 1.54) is 0 Å². The number of hydrogen-bond donors (Lipinski definition) is 0. The lowest BCUT2D eigenvalue weighted by molar-refractivity contribution is 0.0951. The number of nitrogens with zero attached hydrogens (tertiary/aromatic N) is 5. The summed E-state index contributed by atoms with van der Waals surface area (Å²) in [5.74, 6) is 2.49. The molecule has 1 aliphatic rings. The second-order valence-electron chi connectivity index (χ2n) is 6.15. The van der Waals surface area contributed by atoms with E-state index in [0.717, 1.165) is 41.3 Å². The summed E-state index contributed by atoms with van der Waals surface area (Å²) in [4.78, 5) is 11.1. The zero-order chi connectivity index (χ0) is 17.2. The Hall–Kier alpha value is -2.83. The van der Waals surface area contributed by atoms with Crippen LogP contribution in [-0.2, 0) is 7.05 Å². The predicted octanol–water partition coefficient (Wildman–Crippen LogP) is 2.42. The fourth-order valence-corrected chi connectivity index (χ4v) is 3.15. The van der Waals surface area contributed by atoms with E-state index in [-0.39, 0.29) is 6.10 Å². The first-order chi connectivity index (χ1) is 12.3. The van der Waals surface area contributed by atoms with E-state index in [2.05, 4.69) is 26.9 Å². The third-order valence-electron chi connectivity index (χ3n) is 4.29. The van der Waals surface area contributed by atoms with Crippen LogP contribution in [0.15, 0.2) is 36.8 Å². The van der Waals surface area contributed by atoms with Crippen LogP contribution in [0.5, 0.6) is 11.5 Å². The van der Waals surface area contributed by atoms with Crippen molar-refractivity contribution in [2.45, 2.75) is 19.4 Å². The monoisotopic (exact) mass is 339 g/mol. The van der Waals surface area contributed by atoms with Gasteiger partial charge < -0.3 is 14.4 Å². The molecule has 0 saturated heterocycles. The Kier molecular flexibility index (Phi) is 4.13. The van der Waals surface area contributed by atoms with E-state index in [1.807, 2.05) is 37.5 Å². The summed E-state index contributed by atoms with van der Waals surface area (Å²) in [5, 5.41) is 5.26. The molecule has 1 aromatic carbocycles. The van der Waals surface area contributed by atoms with Crippen LogP contribution in [0.25, 0.3) is 11.0 Å². The first-order valence-corrected chi connectivity index (χ1v) is 8.52. The van der Waals surface area contributed by atoms with Crippen molar-refractivity contribution in [1.82, 2.24) is 19.7 Å². The van der Waals surface area contributed by atoms with Crippen LogP contribution in [0.4, 0.5) is 5.82 Å². The predicted molar refractivity (Wildman–Crippen MR) is 95.2 cm³/mol. The summed E-state index contributed by atoms with van der Waals surface area (Å²) in [6.07, 6.45) is 4.37. The number of para-hydroxylation sites is 2. The van der Waals surface area contributed by atoms with E-state index >= 15 is 0 Å². The van der Waals surface area contributed by atoms with E-state index in [9.17, 15) is 0 Å². The number of benzene rings is 1. The highest BCUT2D eigenvalue weighted by atomic mass is 16.6. The van der Waals surface area contributed by atoms with Gasteiger partial charge in [0.25, 0.3) is 0 Å². The lowest BCUT2D eigenvalue weighted by Gasteiger charge is -2.32. The van der Waals surface area contributed by atoms with Crippen LogP contribution in [0, 0.1) is 0 Å². The van der Waals surface area contributed by atoms with Crippen molar-refractivity contribution < 1.29 is 9.47 Å². The molecule has 1 atom stereocenters. The maximum atomic E-state index is 6.12. The first kappa shape index (κ1) is 15.7. The van der Waals surface area contributed by atoms with Crippen LogP contribution in [0.1, 0.15) is 13.3 Å². The maximum absolute atomic E-state index is 6.12. The molecule has 7 nitrogen and oxygen atoms in total. The van der Waals surface area contributed by atoms with Gasteiger partial charge in [-0.2, -0.15) is 5.10 Å². The topological polar surface area (TPSA) is 65.3 Å². The Balaban J connectivity index is 1.60. The molecular formula is C18H21N5O2. The molecule has 0 amide bonds. The van der Waals surface area contributed by atoms with Gasteiger partial charge in [0.05, 0.1) is 18.1 Å². The van der Waals surface area contributed by atoms with Crippen LogP contribution in [-0.4, -0.2) is 45.5 Å². The molecule has 0 spiro atoms. The van der Waals surface area contributed by atoms with Gasteiger partial charge >= 0.3 is 0 Å². The van der Waals surface area contributed by atoms with Crippen LogP contribution < -0.4 is 14.4 Å². The Morgan fingerprint density at radius 3 is 2.92 bits per heavy atom. The third kappa shape index (κ3) is 2.97. The summed E-state index contributed by atoms with van der Waals surface area (Å²) in [6.45, 7) is 4.26. The summed E-state index contributed by atoms with van der Waals surface area (Å²) in [5.41, 5.74) is 0.831. The second kappa shape index (κ2) is 6.58. The van der Waals surface area contributed by atoms with Gasteiger partial charge in [-0.3, -0.25) is 4.68 Å². The summed E-state index contributed by atoms with van der Waals surface area (Å²) < 4.78 is 13.7. The number of ether oxygens (including phenoxy) is 2. The molecule has 3 aromatic rings. The number of fused-ring (bicyclic) bond motifs is 2. The molecule has 0 N–H and O–H groups in total. The number of anilines is 1. The molecule has 0 unspecified atom stereocenters. The molecule has 2 aromatic heterocycles. The molecular weight excluding hydrogens is 318 g/mol. The summed E-state index contributed by atoms with van der Waals surface area (Å²) in [7, 11) is 1.89. The molecule has 3 heterocycles. The average molecular weight is 339 g/mol. The molecule has 0 bridgehead atoms. The SMILES string of the molecule is CCCN(C[C@@H]1COc2ccccc2O1)c1ncnc2c1cnn2C. The van der Waals surface area contributed by atoms with Crippen molar-refractivity contribution in [2.75, 3.05) is 24.6 Å². The van der Waals surface area contributed by atoms with E-state index in [1.54, 1.807) is 11.0 Å². The minimum Gasteiger partial charge on any atom is -0.486 e. The van der Waals surface area contributed by atoms with Crippen molar-refractivity contribution in [3.8, 4) is 11.5 Å². The first-order valence-electron chi connectivity index (χ1n) is 8.52. The standard InChI is InChI=1S/C18H21N5O2/c1-3-8-23(18-14-9-21-22(2)17(14)19-12-20-18)10-13-11-24-15-6-4-5-7-16(15)25-13/h4-7,9,12-13H,3,8,10-11H2,1-2H3/t13-/m1/s1. The minimum absolute atomic E-state index is 0.0527. The van der Waals surface area contributed by atoms with Gasteiger partial charge in [-0.05, 0) is 18.6 Å². The van der Waals surface area contributed by atoms with Gasteiger partial charge in [-0.25, -0.2) is 9.97 Å². The number of aromatic nitrogens is 4. The quantitative estimate of drug-likeness (QED) is 0.711. The lowest BCUT2D eigenvalue weighted by Crippen LogP contribution is -2.41. The maximum Gasteiger partial charge on any atom is 0.163 e. The van der Waals surface area contributed by atoms with Crippen LogP contribution in [0.2, 0.25) is 0 Å². The Bertz CT molecular complexity index is 879. The third-order valence-corrected chi connectivity index (χ3v) is 4.29. The van der Waals surface area contributed by atoms with Gasteiger partial charge in [-0.15, -0.1) is 0 Å². The highest BCUT2D eigenvalue weighted by molar-refractivity contribution is 5.86. The molecule has 1 aliphatic heterocycles. The molecule has 130 valence electrons. The smallest absolute Gasteiger partial charge is 0.163 e. The number of aryl methyl sites for hydroxylation is 1. The molecule has 0 radical (unpaired) electrons. The lowest BCUT2D eigenvalue weighted by atomic mass is 10.2. The average Bonchev–Trinajstić information content (AvgIpc) is 3.03. The van der Waals surface area contributed by atoms with Crippen LogP contribution in [0.3, 0.4) is 0 Å². The zero-order valence-electron chi connectivity index (χ0n) is 14.4. The summed E-state index contributed by atoms with van der Waals surface area (Å²) >= 11 is 0. The minimum atomic E-state index is -0.0527. The summed E-state index contributed by atoms with van der Waals surface area (Å²) in [6, 6.07) is 7.78. The molecule has 4 rings (SSSR count). The molecule has 0 fully saturated rings. The fourth-order valence-electron chi connectivity index (χ4n) is 3.15. The highest BCUT2D eigenvalue weighted by Gasteiger charge is 2.24. The van der Waals surface area contributed by atoms with Gasteiger partial charge in [-0.1, -0.05) is 19.1 Å². The normalized spacial score (nSPS) is 16.2. The van der Waals surface area contributed by atoms with Gasteiger partial charge in [0.2, 0.25) is 0 Å². The van der Waals surface area contributed by atoms with Crippen molar-refractivity contribution >= 4 is 16.9 Å². The van der Waals surface area contributed by atoms with Gasteiger partial charge in [0.1, 0.15) is 18.8 Å². The molecule has 25 heavy (non-hydrogen) atoms. The van der Waals surface area contributed by atoms with Gasteiger partial charge in [0.15, 0.2) is 23.3 Å². The van der Waals surface area contributed by atoms with Crippen molar-refractivity contribution in [3.63, 3.8) is 0 Å². The largest absolute Gasteiger partial charge is 0.486 e. The molecule has 7 heteroatoms. The van der Waals surface area contributed by atoms with Crippen molar-refractivity contribution in [2.24, 2.45) is 7.05 Å². The van der Waals surface area contributed by atoms with E-state index in [0.29, 0.717) is 13.2 Å². The van der Waals surface area contributed by atoms with Crippen LogP contribution >= 0.6 is 0 Å². The van der Waals surface area contributed by atoms with Crippen molar-refractivity contribution in [3.05, 3.63) is 36.8 Å². The Labute approximate surface area is 146 Å². The van der Waals surface area contributed by atoms with E-state index < -0.39 is 0 Å².